The summed E-state index contributed by atoms with van der Waals surface area (Å²) in [6.45, 7) is 4.16. The Bertz CT molecular complexity index is 221. The SMILES string of the molecule is CC(C(O)C(=O)O)C(C)(C)C(=O)O. The number of hydrogen-bond donors (Lipinski definition) is 3. The molecule has 0 aliphatic rings. The molecule has 0 heterocycles. The van der Waals surface area contributed by atoms with Crippen LogP contribution in [0.4, 0.5) is 0 Å². The highest BCUT2D eigenvalue weighted by molar-refractivity contribution is 5.77. The standard InChI is InChI=1S/C8H14O5/c1-4(5(9)6(10)11)8(2,3)7(12)13/h4-5,9H,1-3H3,(H,10,11)(H,12,13). The Balaban J connectivity index is 4.67. The summed E-state index contributed by atoms with van der Waals surface area (Å²) in [4.78, 5) is 21.1. The minimum atomic E-state index is -1.65. The number of carboxylic acids is 2. The molecule has 2 unspecified atom stereocenters. The van der Waals surface area contributed by atoms with Crippen LogP contribution < -0.4 is 0 Å². The van der Waals surface area contributed by atoms with E-state index < -0.39 is 29.4 Å². The molecule has 0 aliphatic carbocycles. The molecule has 2 atom stereocenters. The largest absolute Gasteiger partial charge is 0.481 e. The second kappa shape index (κ2) is 3.74. The van der Waals surface area contributed by atoms with Crippen molar-refractivity contribution in [2.24, 2.45) is 11.3 Å². The van der Waals surface area contributed by atoms with Crippen molar-refractivity contribution in [3.63, 3.8) is 0 Å². The molecule has 76 valence electrons. The molecular weight excluding hydrogens is 176 g/mol. The predicted molar refractivity (Wildman–Crippen MR) is 44.2 cm³/mol. The molecule has 0 amide bonds. The number of hydrogen-bond acceptors (Lipinski definition) is 3. The monoisotopic (exact) mass is 190 g/mol. The molecule has 5 nitrogen and oxygen atoms in total. The average molecular weight is 190 g/mol. The molecule has 0 aromatic carbocycles. The minimum Gasteiger partial charge on any atom is -0.481 e. The molecule has 0 aromatic rings. The van der Waals surface area contributed by atoms with Gasteiger partial charge in [-0.3, -0.25) is 4.79 Å². The first-order valence-corrected chi connectivity index (χ1v) is 3.85. The number of carbonyl (C=O) groups is 2. The van der Waals surface area contributed by atoms with Gasteiger partial charge >= 0.3 is 11.9 Å². The minimum absolute atomic E-state index is 0.845. The van der Waals surface area contributed by atoms with Crippen LogP contribution in [0.5, 0.6) is 0 Å². The van der Waals surface area contributed by atoms with Crippen molar-refractivity contribution in [1.82, 2.24) is 0 Å². The Labute approximate surface area is 76.0 Å². The third kappa shape index (κ3) is 2.42. The van der Waals surface area contributed by atoms with Gasteiger partial charge in [0.2, 0.25) is 0 Å². The Morgan fingerprint density at radius 3 is 1.85 bits per heavy atom. The van der Waals surface area contributed by atoms with Gasteiger partial charge in [-0.1, -0.05) is 6.92 Å². The van der Waals surface area contributed by atoms with E-state index in [9.17, 15) is 9.59 Å². The number of aliphatic carboxylic acids is 2. The molecule has 0 aromatic heterocycles. The number of rotatable bonds is 4. The second-order valence-electron chi connectivity index (χ2n) is 3.60. The summed E-state index contributed by atoms with van der Waals surface area (Å²) in [5, 5.41) is 26.3. The zero-order valence-corrected chi connectivity index (χ0v) is 7.81. The van der Waals surface area contributed by atoms with Crippen LogP contribution in [0.15, 0.2) is 0 Å². The van der Waals surface area contributed by atoms with E-state index >= 15 is 0 Å². The van der Waals surface area contributed by atoms with Gasteiger partial charge in [0.05, 0.1) is 5.41 Å². The molecule has 0 spiro atoms. The molecule has 0 saturated heterocycles. The summed E-state index contributed by atoms with van der Waals surface area (Å²) in [7, 11) is 0. The number of aliphatic hydroxyl groups is 1. The van der Waals surface area contributed by atoms with E-state index in [0.717, 1.165) is 0 Å². The maximum Gasteiger partial charge on any atom is 0.332 e. The first kappa shape index (κ1) is 11.9. The van der Waals surface area contributed by atoms with Crippen molar-refractivity contribution < 1.29 is 24.9 Å². The summed E-state index contributed by atoms with van der Waals surface area (Å²) in [5.74, 6) is -3.37. The maximum atomic E-state index is 10.7. The Hall–Kier alpha value is -1.10. The first-order valence-electron chi connectivity index (χ1n) is 3.85. The summed E-state index contributed by atoms with van der Waals surface area (Å²) >= 11 is 0. The smallest absolute Gasteiger partial charge is 0.332 e. The van der Waals surface area contributed by atoms with Gasteiger partial charge < -0.3 is 15.3 Å². The van der Waals surface area contributed by atoms with Crippen LogP contribution in [0, 0.1) is 11.3 Å². The molecule has 13 heavy (non-hydrogen) atoms. The van der Waals surface area contributed by atoms with E-state index in [1.807, 2.05) is 0 Å². The van der Waals surface area contributed by atoms with Crippen LogP contribution in [0.2, 0.25) is 0 Å². The fourth-order valence-corrected chi connectivity index (χ4v) is 0.803. The van der Waals surface area contributed by atoms with E-state index in [1.54, 1.807) is 0 Å². The van der Waals surface area contributed by atoms with Crippen LogP contribution in [0.3, 0.4) is 0 Å². The lowest BCUT2D eigenvalue weighted by Crippen LogP contribution is -2.41. The number of carboxylic acid groups (broad SMARTS) is 2. The lowest BCUT2D eigenvalue weighted by Gasteiger charge is -2.28. The highest BCUT2D eigenvalue weighted by Crippen LogP contribution is 2.29. The summed E-state index contributed by atoms with van der Waals surface area (Å²) < 4.78 is 0. The van der Waals surface area contributed by atoms with E-state index in [0.29, 0.717) is 0 Å². The molecule has 0 rings (SSSR count). The third-order valence-electron chi connectivity index (χ3n) is 2.42. The van der Waals surface area contributed by atoms with E-state index in [4.69, 9.17) is 15.3 Å². The maximum absolute atomic E-state index is 10.7. The van der Waals surface area contributed by atoms with Crippen molar-refractivity contribution in [1.29, 1.82) is 0 Å². The van der Waals surface area contributed by atoms with Gasteiger partial charge in [0.15, 0.2) is 6.10 Å². The molecule has 3 N–H and O–H groups in total. The van der Waals surface area contributed by atoms with Crippen LogP contribution in [0.25, 0.3) is 0 Å². The van der Waals surface area contributed by atoms with Crippen LogP contribution in [-0.4, -0.2) is 33.4 Å². The fraction of sp³-hybridized carbons (Fsp3) is 0.750. The lowest BCUT2D eigenvalue weighted by molar-refractivity contribution is -0.160. The number of aliphatic hydroxyl groups excluding tert-OH is 1. The summed E-state index contributed by atoms with van der Waals surface area (Å²) in [6, 6.07) is 0. The van der Waals surface area contributed by atoms with Crippen molar-refractivity contribution in [3.8, 4) is 0 Å². The highest BCUT2D eigenvalue weighted by Gasteiger charge is 2.40. The van der Waals surface area contributed by atoms with E-state index in [2.05, 4.69) is 0 Å². The molecule has 5 heteroatoms. The molecule has 0 bridgehead atoms. The molecule has 0 fully saturated rings. The van der Waals surface area contributed by atoms with Gasteiger partial charge in [-0.2, -0.15) is 0 Å². The van der Waals surface area contributed by atoms with Crippen LogP contribution >= 0.6 is 0 Å². The normalized spacial score (nSPS) is 16.3. The topological polar surface area (TPSA) is 94.8 Å². The van der Waals surface area contributed by atoms with Gasteiger partial charge in [0.25, 0.3) is 0 Å². The zero-order chi connectivity index (χ0) is 10.8. The highest BCUT2D eigenvalue weighted by atomic mass is 16.4. The van der Waals surface area contributed by atoms with Crippen LogP contribution in [-0.2, 0) is 9.59 Å². The predicted octanol–water partition coefficient (Wildman–Crippen LogP) is 0.179. The van der Waals surface area contributed by atoms with Gasteiger partial charge in [-0.15, -0.1) is 0 Å². The fourth-order valence-electron chi connectivity index (χ4n) is 0.803. The first-order chi connectivity index (χ1) is 5.71. The van der Waals surface area contributed by atoms with Crippen molar-refractivity contribution in [3.05, 3.63) is 0 Å². The summed E-state index contributed by atoms with van der Waals surface area (Å²) in [5.41, 5.74) is -1.25. The van der Waals surface area contributed by atoms with E-state index in [-0.39, 0.29) is 0 Å². The summed E-state index contributed by atoms with van der Waals surface area (Å²) in [6.07, 6.45) is -1.65. The van der Waals surface area contributed by atoms with Gasteiger partial charge in [-0.05, 0) is 13.8 Å². The average Bonchev–Trinajstić information content (AvgIpc) is 2.01. The van der Waals surface area contributed by atoms with Gasteiger partial charge in [-0.25, -0.2) is 4.79 Å². The van der Waals surface area contributed by atoms with Gasteiger partial charge in [0.1, 0.15) is 0 Å². The quantitative estimate of drug-likeness (QED) is 0.587. The van der Waals surface area contributed by atoms with Gasteiger partial charge in [0, 0.05) is 5.92 Å². The second-order valence-corrected chi connectivity index (χ2v) is 3.60. The van der Waals surface area contributed by atoms with Crippen molar-refractivity contribution >= 4 is 11.9 Å². The van der Waals surface area contributed by atoms with Crippen molar-refractivity contribution in [2.45, 2.75) is 26.9 Å². The molecule has 0 saturated carbocycles. The zero-order valence-electron chi connectivity index (χ0n) is 7.81. The van der Waals surface area contributed by atoms with E-state index in [1.165, 1.54) is 20.8 Å². The Kier molecular flexibility index (Phi) is 3.42. The lowest BCUT2D eigenvalue weighted by atomic mass is 9.77. The molecule has 0 aliphatic heterocycles. The van der Waals surface area contributed by atoms with Crippen molar-refractivity contribution in [2.75, 3.05) is 0 Å². The molecular formula is C8H14O5. The van der Waals surface area contributed by atoms with Crippen LogP contribution in [0.1, 0.15) is 20.8 Å². The molecule has 0 radical (unpaired) electrons. The third-order valence-corrected chi connectivity index (χ3v) is 2.42. The Morgan fingerprint density at radius 1 is 1.23 bits per heavy atom. The Morgan fingerprint density at radius 2 is 1.62 bits per heavy atom.